The van der Waals surface area contributed by atoms with Crippen molar-refractivity contribution in [2.75, 3.05) is 16.8 Å². The van der Waals surface area contributed by atoms with Crippen LogP contribution in [0.2, 0.25) is 10.0 Å². The first kappa shape index (κ1) is 17.8. The highest BCUT2D eigenvalue weighted by Crippen LogP contribution is 2.48. The first-order chi connectivity index (χ1) is 12.0. The number of nitrogens with one attached hydrogen (secondary N) is 1. The highest BCUT2D eigenvalue weighted by Gasteiger charge is 2.58. The van der Waals surface area contributed by atoms with Crippen molar-refractivity contribution in [2.45, 2.75) is 19.8 Å². The molecule has 0 spiro atoms. The average Bonchev–Trinajstić information content (AvgIpc) is 3.42. The zero-order valence-electron chi connectivity index (χ0n) is 13.8. The number of halogens is 2. The van der Waals surface area contributed by atoms with E-state index in [1.165, 1.54) is 0 Å². The second-order valence-electron chi connectivity index (χ2n) is 6.05. The van der Waals surface area contributed by atoms with Gasteiger partial charge in [-0.2, -0.15) is 0 Å². The van der Waals surface area contributed by atoms with Gasteiger partial charge in [0.2, 0.25) is 11.8 Å². The van der Waals surface area contributed by atoms with E-state index in [1.807, 2.05) is 37.3 Å². The van der Waals surface area contributed by atoms with Crippen molar-refractivity contribution in [3.05, 3.63) is 58.6 Å². The van der Waals surface area contributed by atoms with E-state index in [2.05, 4.69) is 5.32 Å². The number of rotatable bonds is 5. The molecule has 1 saturated carbocycles. The fourth-order valence-corrected chi connectivity index (χ4v) is 3.10. The Hall–Kier alpha value is -2.04. The van der Waals surface area contributed by atoms with Crippen molar-refractivity contribution < 1.29 is 9.59 Å². The fourth-order valence-electron chi connectivity index (χ4n) is 2.80. The molecular formula is C19H18Cl2N2O2. The summed E-state index contributed by atoms with van der Waals surface area (Å²) in [4.78, 5) is 27.4. The lowest BCUT2D eigenvalue weighted by Gasteiger charge is -2.26. The highest BCUT2D eigenvalue weighted by atomic mass is 35.5. The molecule has 1 aliphatic rings. The molecule has 2 amide bonds. The maximum atomic E-state index is 13.0. The van der Waals surface area contributed by atoms with Gasteiger partial charge in [0.15, 0.2) is 0 Å². The molecule has 1 fully saturated rings. The molecule has 6 heteroatoms. The van der Waals surface area contributed by atoms with Crippen molar-refractivity contribution in [3.8, 4) is 0 Å². The van der Waals surface area contributed by atoms with E-state index in [0.29, 0.717) is 35.1 Å². The molecule has 0 aliphatic heterocycles. The number of benzene rings is 2. The third-order valence-electron chi connectivity index (χ3n) is 4.40. The molecule has 4 nitrogen and oxygen atoms in total. The fraction of sp³-hybridized carbons (Fsp3) is 0.263. The molecule has 0 radical (unpaired) electrons. The summed E-state index contributed by atoms with van der Waals surface area (Å²) in [5, 5.41) is 3.57. The van der Waals surface area contributed by atoms with Crippen LogP contribution in [-0.4, -0.2) is 18.4 Å². The van der Waals surface area contributed by atoms with Crippen molar-refractivity contribution in [3.63, 3.8) is 0 Å². The summed E-state index contributed by atoms with van der Waals surface area (Å²) in [5.41, 5.74) is 0.322. The zero-order chi connectivity index (χ0) is 18.0. The van der Waals surface area contributed by atoms with Gasteiger partial charge < -0.3 is 10.2 Å². The van der Waals surface area contributed by atoms with E-state index in [9.17, 15) is 9.59 Å². The molecule has 0 unspecified atom stereocenters. The van der Waals surface area contributed by atoms with Crippen LogP contribution in [0.4, 0.5) is 11.4 Å². The van der Waals surface area contributed by atoms with E-state index in [0.717, 1.165) is 5.69 Å². The first-order valence-corrected chi connectivity index (χ1v) is 8.87. The van der Waals surface area contributed by atoms with Crippen LogP contribution in [0.3, 0.4) is 0 Å². The number of hydrogen-bond acceptors (Lipinski definition) is 2. The Morgan fingerprint density at radius 1 is 1.08 bits per heavy atom. The molecule has 25 heavy (non-hydrogen) atoms. The predicted octanol–water partition coefficient (Wildman–Crippen LogP) is 4.77. The minimum absolute atomic E-state index is 0.168. The number of carbonyl (C=O) groups is 2. The minimum atomic E-state index is -1.00. The molecule has 2 aromatic rings. The van der Waals surface area contributed by atoms with Gasteiger partial charge in [-0.3, -0.25) is 9.59 Å². The Morgan fingerprint density at radius 2 is 1.76 bits per heavy atom. The van der Waals surface area contributed by atoms with Gasteiger partial charge in [0.05, 0.1) is 10.0 Å². The second-order valence-corrected chi connectivity index (χ2v) is 6.86. The summed E-state index contributed by atoms with van der Waals surface area (Å²) in [5.74, 6) is -0.468. The quantitative estimate of drug-likeness (QED) is 0.764. The molecule has 130 valence electrons. The molecule has 0 aromatic heterocycles. The van der Waals surface area contributed by atoms with Gasteiger partial charge in [-0.05, 0) is 50.1 Å². The summed E-state index contributed by atoms with van der Waals surface area (Å²) in [6.07, 6.45) is 1.09. The largest absolute Gasteiger partial charge is 0.325 e. The molecule has 0 atom stereocenters. The van der Waals surface area contributed by atoms with Crippen molar-refractivity contribution in [1.29, 1.82) is 0 Å². The standard InChI is InChI=1S/C19H18Cl2N2O2/c1-2-23(14-6-4-3-5-7-14)18(25)19(10-11-19)17(24)22-13-8-9-15(20)16(21)12-13/h3-9,12H,2,10-11H2,1H3,(H,22,24). The Labute approximate surface area is 156 Å². The van der Waals surface area contributed by atoms with Crippen LogP contribution in [-0.2, 0) is 9.59 Å². The summed E-state index contributed by atoms with van der Waals surface area (Å²) in [6, 6.07) is 14.2. The van der Waals surface area contributed by atoms with Gasteiger partial charge in [-0.1, -0.05) is 41.4 Å². The number of amides is 2. The Bertz CT molecular complexity index is 804. The number of anilines is 2. The molecular weight excluding hydrogens is 359 g/mol. The van der Waals surface area contributed by atoms with E-state index in [-0.39, 0.29) is 11.8 Å². The number of carbonyl (C=O) groups excluding carboxylic acids is 2. The summed E-state index contributed by atoms with van der Waals surface area (Å²) < 4.78 is 0. The van der Waals surface area contributed by atoms with Gasteiger partial charge in [0.1, 0.15) is 5.41 Å². The van der Waals surface area contributed by atoms with Gasteiger partial charge >= 0.3 is 0 Å². The average molecular weight is 377 g/mol. The van der Waals surface area contributed by atoms with Crippen LogP contribution in [0.1, 0.15) is 19.8 Å². The monoisotopic (exact) mass is 376 g/mol. The summed E-state index contributed by atoms with van der Waals surface area (Å²) in [7, 11) is 0. The van der Waals surface area contributed by atoms with Crippen LogP contribution in [0.5, 0.6) is 0 Å². The molecule has 0 bridgehead atoms. The zero-order valence-corrected chi connectivity index (χ0v) is 15.3. The molecule has 0 saturated heterocycles. The summed E-state index contributed by atoms with van der Waals surface area (Å²) in [6.45, 7) is 2.41. The van der Waals surface area contributed by atoms with E-state index >= 15 is 0 Å². The van der Waals surface area contributed by atoms with Gasteiger partial charge in [0, 0.05) is 17.9 Å². The first-order valence-electron chi connectivity index (χ1n) is 8.11. The Balaban J connectivity index is 1.79. The van der Waals surface area contributed by atoms with Crippen molar-refractivity contribution >= 4 is 46.4 Å². The van der Waals surface area contributed by atoms with Crippen LogP contribution >= 0.6 is 23.2 Å². The molecule has 0 heterocycles. The van der Waals surface area contributed by atoms with Crippen LogP contribution in [0.25, 0.3) is 0 Å². The van der Waals surface area contributed by atoms with E-state index in [1.54, 1.807) is 23.1 Å². The SMILES string of the molecule is CCN(C(=O)C1(C(=O)Nc2ccc(Cl)c(Cl)c2)CC1)c1ccccc1. The topological polar surface area (TPSA) is 49.4 Å². The third kappa shape index (κ3) is 3.51. The van der Waals surface area contributed by atoms with E-state index in [4.69, 9.17) is 23.2 Å². The maximum Gasteiger partial charge on any atom is 0.242 e. The molecule has 1 N–H and O–H groups in total. The van der Waals surface area contributed by atoms with Crippen LogP contribution in [0, 0.1) is 5.41 Å². The van der Waals surface area contributed by atoms with Gasteiger partial charge in [0.25, 0.3) is 0 Å². The highest BCUT2D eigenvalue weighted by molar-refractivity contribution is 6.42. The molecule has 2 aromatic carbocycles. The van der Waals surface area contributed by atoms with Crippen molar-refractivity contribution in [2.24, 2.45) is 5.41 Å². The molecule has 1 aliphatic carbocycles. The lowest BCUT2D eigenvalue weighted by atomic mass is 10.0. The third-order valence-corrected chi connectivity index (χ3v) is 5.14. The van der Waals surface area contributed by atoms with Gasteiger partial charge in [-0.15, -0.1) is 0 Å². The normalized spacial score (nSPS) is 14.7. The Kier molecular flexibility index (Phi) is 5.02. The van der Waals surface area contributed by atoms with Gasteiger partial charge in [-0.25, -0.2) is 0 Å². The number of hydrogen-bond donors (Lipinski definition) is 1. The maximum absolute atomic E-state index is 13.0. The van der Waals surface area contributed by atoms with Crippen molar-refractivity contribution in [1.82, 2.24) is 0 Å². The molecule has 3 rings (SSSR count). The minimum Gasteiger partial charge on any atom is -0.325 e. The number of nitrogens with zero attached hydrogens (tertiary/aromatic N) is 1. The number of para-hydroxylation sites is 1. The lowest BCUT2D eigenvalue weighted by molar-refractivity contribution is -0.132. The Morgan fingerprint density at radius 3 is 2.32 bits per heavy atom. The lowest BCUT2D eigenvalue weighted by Crippen LogP contribution is -2.43. The van der Waals surface area contributed by atoms with E-state index < -0.39 is 5.41 Å². The predicted molar refractivity (Wildman–Crippen MR) is 101 cm³/mol. The summed E-state index contributed by atoms with van der Waals surface area (Å²) >= 11 is 11.9. The second kappa shape index (κ2) is 7.06. The van der Waals surface area contributed by atoms with Crippen LogP contribution in [0.15, 0.2) is 48.5 Å². The smallest absolute Gasteiger partial charge is 0.242 e. The van der Waals surface area contributed by atoms with Crippen LogP contribution < -0.4 is 10.2 Å².